The topological polar surface area (TPSA) is 137 Å². The Bertz CT molecular complexity index is 1270. The first-order chi connectivity index (χ1) is 15.8. The standard InChI is InChI=1S/C21H21N5O6S/c1-25(16-9-11-33(29,30)14-16)19(27)13-32-21(28)18(12-17-8-5-10-31-17)26-20(22-23-24-26)15-6-3-2-4-7-15/h2-8,10,12,16H,9,11,13-14H2,1H3/b18-12+. The Hall–Kier alpha value is -3.80. The van der Waals surface area contributed by atoms with E-state index in [2.05, 4.69) is 15.5 Å². The van der Waals surface area contributed by atoms with E-state index in [-0.39, 0.29) is 17.2 Å². The van der Waals surface area contributed by atoms with E-state index in [0.717, 1.165) is 0 Å². The molecule has 1 aliphatic rings. The number of sulfone groups is 1. The van der Waals surface area contributed by atoms with Crippen LogP contribution in [0.15, 0.2) is 53.1 Å². The molecule has 1 saturated heterocycles. The van der Waals surface area contributed by atoms with Gasteiger partial charge in [0.15, 0.2) is 28.0 Å². The van der Waals surface area contributed by atoms with Crippen LogP contribution in [0.4, 0.5) is 0 Å². The zero-order valence-electron chi connectivity index (χ0n) is 17.7. The van der Waals surface area contributed by atoms with Crippen molar-refractivity contribution >= 4 is 33.5 Å². The van der Waals surface area contributed by atoms with Gasteiger partial charge < -0.3 is 14.1 Å². The van der Waals surface area contributed by atoms with Crippen LogP contribution < -0.4 is 0 Å². The van der Waals surface area contributed by atoms with Gasteiger partial charge >= 0.3 is 5.97 Å². The molecule has 1 fully saturated rings. The molecule has 12 heteroatoms. The molecule has 3 heterocycles. The third-order valence-corrected chi connectivity index (χ3v) is 6.99. The summed E-state index contributed by atoms with van der Waals surface area (Å²) in [6, 6.07) is 11.9. The molecule has 1 amide bonds. The highest BCUT2D eigenvalue weighted by atomic mass is 32.2. The quantitative estimate of drug-likeness (QED) is 0.366. The van der Waals surface area contributed by atoms with E-state index in [4.69, 9.17) is 9.15 Å². The van der Waals surface area contributed by atoms with Crippen molar-refractivity contribution in [2.24, 2.45) is 0 Å². The number of carbonyl (C=O) groups is 2. The van der Waals surface area contributed by atoms with Gasteiger partial charge in [0, 0.05) is 24.7 Å². The van der Waals surface area contributed by atoms with Gasteiger partial charge in [0.2, 0.25) is 0 Å². The van der Waals surface area contributed by atoms with Gasteiger partial charge in [-0.25, -0.2) is 13.2 Å². The molecule has 4 rings (SSSR count). The number of hydrogen-bond acceptors (Lipinski definition) is 9. The second kappa shape index (κ2) is 9.36. The lowest BCUT2D eigenvalue weighted by atomic mass is 10.2. The molecule has 2 aromatic heterocycles. The molecule has 0 aliphatic carbocycles. The van der Waals surface area contributed by atoms with Gasteiger partial charge in [-0.1, -0.05) is 30.3 Å². The van der Waals surface area contributed by atoms with Gasteiger partial charge in [-0.05, 0) is 29.0 Å². The third kappa shape index (κ3) is 5.17. The van der Waals surface area contributed by atoms with Crippen LogP contribution in [-0.2, 0) is 24.2 Å². The number of nitrogens with zero attached hydrogens (tertiary/aromatic N) is 5. The molecular formula is C21H21N5O6S. The number of carbonyl (C=O) groups excluding carboxylic acids is 2. The fourth-order valence-corrected chi connectivity index (χ4v) is 5.19. The third-order valence-electron chi connectivity index (χ3n) is 5.24. The van der Waals surface area contributed by atoms with Gasteiger partial charge in [0.05, 0.1) is 17.8 Å². The number of ether oxygens (including phenoxy) is 1. The number of esters is 1. The van der Waals surface area contributed by atoms with E-state index in [1.165, 1.54) is 29.0 Å². The first-order valence-electron chi connectivity index (χ1n) is 10.1. The zero-order valence-corrected chi connectivity index (χ0v) is 18.5. The minimum Gasteiger partial charge on any atom is -0.465 e. The molecule has 1 aliphatic heterocycles. The monoisotopic (exact) mass is 471 g/mol. The van der Waals surface area contributed by atoms with Gasteiger partial charge in [-0.3, -0.25) is 4.79 Å². The van der Waals surface area contributed by atoms with Crippen molar-refractivity contribution in [3.63, 3.8) is 0 Å². The maximum absolute atomic E-state index is 13.0. The van der Waals surface area contributed by atoms with Crippen molar-refractivity contribution in [3.8, 4) is 11.4 Å². The van der Waals surface area contributed by atoms with Crippen LogP contribution in [-0.4, -0.2) is 76.6 Å². The summed E-state index contributed by atoms with van der Waals surface area (Å²) in [5, 5.41) is 11.6. The highest BCUT2D eigenvalue weighted by molar-refractivity contribution is 7.91. The molecular weight excluding hydrogens is 450 g/mol. The van der Waals surface area contributed by atoms with E-state index >= 15 is 0 Å². The summed E-state index contributed by atoms with van der Waals surface area (Å²) < 4.78 is 35.2. The molecule has 33 heavy (non-hydrogen) atoms. The Morgan fingerprint density at radius 2 is 2.03 bits per heavy atom. The lowest BCUT2D eigenvalue weighted by molar-refractivity contribution is -0.147. The van der Waals surface area contributed by atoms with Crippen molar-refractivity contribution in [2.75, 3.05) is 25.2 Å². The van der Waals surface area contributed by atoms with Crippen molar-refractivity contribution in [2.45, 2.75) is 12.5 Å². The van der Waals surface area contributed by atoms with E-state index in [1.807, 2.05) is 6.07 Å². The highest BCUT2D eigenvalue weighted by Gasteiger charge is 2.33. The molecule has 1 aromatic carbocycles. The van der Waals surface area contributed by atoms with Crippen LogP contribution >= 0.6 is 0 Å². The Labute approximate surface area is 189 Å². The van der Waals surface area contributed by atoms with Crippen LogP contribution in [0.3, 0.4) is 0 Å². The summed E-state index contributed by atoms with van der Waals surface area (Å²) in [6.45, 7) is -0.565. The molecule has 3 aromatic rings. The van der Waals surface area contributed by atoms with E-state index < -0.39 is 34.4 Å². The molecule has 0 spiro atoms. The molecule has 172 valence electrons. The Morgan fingerprint density at radius 1 is 1.24 bits per heavy atom. The normalized spacial score (nSPS) is 17.6. The SMILES string of the molecule is CN(C(=O)COC(=O)/C(=C\c1ccco1)n1nnnc1-c1ccccc1)C1CCS(=O)(=O)C1. The smallest absolute Gasteiger partial charge is 0.357 e. The lowest BCUT2D eigenvalue weighted by Crippen LogP contribution is -2.40. The number of likely N-dealkylation sites (N-methyl/N-ethyl adjacent to an activating group) is 1. The maximum atomic E-state index is 13.0. The second-order valence-electron chi connectivity index (χ2n) is 7.46. The van der Waals surface area contributed by atoms with E-state index in [0.29, 0.717) is 23.6 Å². The molecule has 0 radical (unpaired) electrons. The Morgan fingerprint density at radius 3 is 2.70 bits per heavy atom. The van der Waals surface area contributed by atoms with Crippen LogP contribution in [0.1, 0.15) is 12.2 Å². The summed E-state index contributed by atoms with van der Waals surface area (Å²) in [7, 11) is -1.66. The molecule has 0 saturated carbocycles. The minimum absolute atomic E-state index is 0.0344. The summed E-state index contributed by atoms with van der Waals surface area (Å²) in [4.78, 5) is 26.8. The van der Waals surface area contributed by atoms with Crippen molar-refractivity contribution in [1.29, 1.82) is 0 Å². The summed E-state index contributed by atoms with van der Waals surface area (Å²) >= 11 is 0. The van der Waals surface area contributed by atoms with Crippen molar-refractivity contribution in [3.05, 3.63) is 54.5 Å². The van der Waals surface area contributed by atoms with Gasteiger partial charge in [-0.15, -0.1) is 5.10 Å². The van der Waals surface area contributed by atoms with E-state index in [9.17, 15) is 18.0 Å². The number of tetrazole rings is 1. The molecule has 11 nitrogen and oxygen atoms in total. The predicted molar refractivity (Wildman–Crippen MR) is 117 cm³/mol. The van der Waals surface area contributed by atoms with Gasteiger partial charge in [-0.2, -0.15) is 4.68 Å². The largest absolute Gasteiger partial charge is 0.465 e. The predicted octanol–water partition coefficient (Wildman–Crippen LogP) is 1.12. The Kier molecular flexibility index (Phi) is 6.36. The second-order valence-corrected chi connectivity index (χ2v) is 9.69. The number of rotatable bonds is 7. The van der Waals surface area contributed by atoms with Gasteiger partial charge in [0.25, 0.3) is 5.91 Å². The molecule has 1 atom stereocenters. The zero-order chi connectivity index (χ0) is 23.4. The molecule has 0 bridgehead atoms. The number of hydrogen-bond donors (Lipinski definition) is 0. The average molecular weight is 471 g/mol. The molecule has 1 unspecified atom stereocenters. The number of benzene rings is 1. The van der Waals surface area contributed by atoms with Crippen LogP contribution in [0, 0.1) is 0 Å². The number of furan rings is 1. The van der Waals surface area contributed by atoms with Crippen molar-refractivity contribution < 1.29 is 27.2 Å². The first kappa shape index (κ1) is 22.4. The van der Waals surface area contributed by atoms with E-state index in [1.54, 1.807) is 36.4 Å². The molecule has 0 N–H and O–H groups in total. The maximum Gasteiger partial charge on any atom is 0.357 e. The first-order valence-corrected chi connectivity index (χ1v) is 11.9. The minimum atomic E-state index is -3.16. The van der Waals surface area contributed by atoms with Crippen LogP contribution in [0.5, 0.6) is 0 Å². The van der Waals surface area contributed by atoms with Crippen LogP contribution in [0.25, 0.3) is 23.2 Å². The van der Waals surface area contributed by atoms with Crippen LogP contribution in [0.2, 0.25) is 0 Å². The highest BCUT2D eigenvalue weighted by Crippen LogP contribution is 2.22. The van der Waals surface area contributed by atoms with Crippen molar-refractivity contribution in [1.82, 2.24) is 25.1 Å². The summed E-state index contributed by atoms with van der Waals surface area (Å²) in [6.07, 6.45) is 3.21. The fraction of sp³-hybridized carbons (Fsp3) is 0.286. The fourth-order valence-electron chi connectivity index (χ4n) is 3.42. The average Bonchev–Trinajstić information content (AvgIpc) is 3.56. The number of amides is 1. The van der Waals surface area contributed by atoms with Gasteiger partial charge in [0.1, 0.15) is 5.76 Å². The lowest BCUT2D eigenvalue weighted by Gasteiger charge is -2.23. The number of aromatic nitrogens is 4. The summed E-state index contributed by atoms with van der Waals surface area (Å²) in [5.74, 6) is -0.773. The summed E-state index contributed by atoms with van der Waals surface area (Å²) in [5.41, 5.74) is 0.603. The Balaban J connectivity index is 1.54.